The molecule has 1 atom stereocenters. The summed E-state index contributed by atoms with van der Waals surface area (Å²) in [4.78, 5) is 29.2. The minimum Gasteiger partial charge on any atom is -0.480 e. The fourth-order valence-corrected chi connectivity index (χ4v) is 0.775. The third-order valence-electron chi connectivity index (χ3n) is 1.65. The maximum Gasteiger partial charge on any atom is 0.328 e. The van der Waals surface area contributed by atoms with Crippen LogP contribution in [-0.2, 0) is 14.4 Å². The molecule has 0 rings (SSSR count). The van der Waals surface area contributed by atoms with Gasteiger partial charge in [0, 0.05) is 12.2 Å². The Labute approximate surface area is 104 Å². The highest BCUT2D eigenvalue weighted by Crippen LogP contribution is 1.96. The number of carboxylic acid groups (broad SMARTS) is 3. The predicted octanol–water partition coefficient (Wildman–Crippen LogP) is -0.761. The number of aliphatic carboxylic acids is 3. The highest BCUT2D eigenvalue weighted by atomic mass is 16.4. The van der Waals surface area contributed by atoms with Gasteiger partial charge in [0.25, 0.3) is 0 Å². The average Bonchev–Trinajstić information content (AvgIpc) is 2.27. The Morgan fingerprint density at radius 3 is 1.72 bits per heavy atom. The third-order valence-corrected chi connectivity index (χ3v) is 1.65. The minimum absolute atomic E-state index is 0.520. The van der Waals surface area contributed by atoms with Crippen molar-refractivity contribution in [3.63, 3.8) is 0 Å². The van der Waals surface area contributed by atoms with Gasteiger partial charge in [0.15, 0.2) is 0 Å². The van der Waals surface area contributed by atoms with Gasteiger partial charge < -0.3 is 26.8 Å². The second kappa shape index (κ2) is 11.6. The summed E-state index contributed by atoms with van der Waals surface area (Å²) >= 11 is 0. The van der Waals surface area contributed by atoms with Crippen molar-refractivity contribution in [2.45, 2.75) is 25.3 Å². The van der Waals surface area contributed by atoms with E-state index in [0.717, 1.165) is 12.8 Å². The number of rotatable bonds is 7. The van der Waals surface area contributed by atoms with Crippen molar-refractivity contribution in [3.05, 3.63) is 12.2 Å². The van der Waals surface area contributed by atoms with E-state index in [4.69, 9.17) is 26.8 Å². The summed E-state index contributed by atoms with van der Waals surface area (Å²) in [6.07, 6.45) is 3.28. The number of hydrogen-bond acceptors (Lipinski definition) is 5. The molecule has 0 saturated carbocycles. The molecule has 0 fully saturated rings. The maximum atomic E-state index is 10.1. The van der Waals surface area contributed by atoms with E-state index in [1.54, 1.807) is 0 Å². The molecule has 8 nitrogen and oxygen atoms in total. The van der Waals surface area contributed by atoms with Crippen LogP contribution in [0.5, 0.6) is 0 Å². The molecule has 18 heavy (non-hydrogen) atoms. The SMILES string of the molecule is NCCCCC(N)C(=O)O.O=C(O)/C=C/C(=O)O. The molecule has 0 aromatic heterocycles. The Bertz CT molecular complexity index is 287. The molecule has 0 aliphatic carbocycles. The van der Waals surface area contributed by atoms with Gasteiger partial charge in [0.2, 0.25) is 0 Å². The molecule has 1 unspecified atom stereocenters. The Morgan fingerprint density at radius 1 is 1.00 bits per heavy atom. The molecule has 0 heterocycles. The minimum atomic E-state index is -1.26. The lowest BCUT2D eigenvalue weighted by atomic mass is 10.1. The summed E-state index contributed by atoms with van der Waals surface area (Å²) in [5.41, 5.74) is 10.4. The van der Waals surface area contributed by atoms with Crippen LogP contribution in [0.25, 0.3) is 0 Å². The van der Waals surface area contributed by atoms with Crippen LogP contribution in [0, 0.1) is 0 Å². The van der Waals surface area contributed by atoms with E-state index in [1.165, 1.54) is 0 Å². The van der Waals surface area contributed by atoms with Crippen LogP contribution in [0.2, 0.25) is 0 Å². The molecule has 0 aliphatic rings. The van der Waals surface area contributed by atoms with E-state index >= 15 is 0 Å². The van der Waals surface area contributed by atoms with Crippen LogP contribution in [0.3, 0.4) is 0 Å². The van der Waals surface area contributed by atoms with Crippen molar-refractivity contribution in [2.75, 3.05) is 6.54 Å². The highest BCUT2D eigenvalue weighted by molar-refractivity contribution is 5.89. The molecule has 0 saturated heterocycles. The van der Waals surface area contributed by atoms with Gasteiger partial charge in [-0.15, -0.1) is 0 Å². The van der Waals surface area contributed by atoms with Gasteiger partial charge in [-0.1, -0.05) is 6.42 Å². The second-order valence-corrected chi connectivity index (χ2v) is 3.24. The summed E-state index contributed by atoms with van der Waals surface area (Å²) in [6.45, 7) is 0.604. The molecule has 104 valence electrons. The molecule has 7 N–H and O–H groups in total. The fraction of sp³-hybridized carbons (Fsp3) is 0.500. The normalized spacial score (nSPS) is 11.4. The largest absolute Gasteiger partial charge is 0.480 e. The van der Waals surface area contributed by atoms with Gasteiger partial charge >= 0.3 is 17.9 Å². The van der Waals surface area contributed by atoms with Gasteiger partial charge in [-0.3, -0.25) is 4.79 Å². The van der Waals surface area contributed by atoms with Crippen LogP contribution in [0.4, 0.5) is 0 Å². The van der Waals surface area contributed by atoms with E-state index in [0.29, 0.717) is 25.1 Å². The quantitative estimate of drug-likeness (QED) is 0.295. The van der Waals surface area contributed by atoms with Crippen molar-refractivity contribution >= 4 is 17.9 Å². The Balaban J connectivity index is 0. The van der Waals surface area contributed by atoms with Crippen molar-refractivity contribution < 1.29 is 29.7 Å². The van der Waals surface area contributed by atoms with Crippen molar-refractivity contribution in [1.29, 1.82) is 0 Å². The van der Waals surface area contributed by atoms with E-state index in [2.05, 4.69) is 0 Å². The van der Waals surface area contributed by atoms with Gasteiger partial charge in [-0.25, -0.2) is 9.59 Å². The first-order chi connectivity index (χ1) is 8.31. The molecule has 0 aromatic rings. The standard InChI is InChI=1S/C6H14N2O2.C4H4O4/c7-4-2-1-3-5(8)6(9)10;5-3(6)1-2-4(7)8/h5H,1-4,7-8H2,(H,9,10);1-2H,(H,5,6)(H,7,8)/b;2-1+. The number of carbonyl (C=O) groups is 3. The van der Waals surface area contributed by atoms with Gasteiger partial charge in [-0.05, 0) is 19.4 Å². The molecule has 0 amide bonds. The first-order valence-electron chi connectivity index (χ1n) is 5.13. The summed E-state index contributed by atoms with van der Waals surface area (Å²) in [5, 5.41) is 23.9. The second-order valence-electron chi connectivity index (χ2n) is 3.24. The zero-order chi connectivity index (χ0) is 14.6. The Hall–Kier alpha value is -1.93. The molecule has 0 aliphatic heterocycles. The summed E-state index contributed by atoms with van der Waals surface area (Å²) < 4.78 is 0. The van der Waals surface area contributed by atoms with E-state index in [1.807, 2.05) is 0 Å². The third kappa shape index (κ3) is 16.5. The zero-order valence-corrected chi connectivity index (χ0v) is 9.78. The monoisotopic (exact) mass is 262 g/mol. The topological polar surface area (TPSA) is 164 Å². The fourth-order valence-electron chi connectivity index (χ4n) is 0.775. The smallest absolute Gasteiger partial charge is 0.328 e. The average molecular weight is 262 g/mol. The molecular weight excluding hydrogens is 244 g/mol. The number of carboxylic acids is 3. The number of unbranched alkanes of at least 4 members (excludes halogenated alkanes) is 1. The number of hydrogen-bond donors (Lipinski definition) is 5. The maximum absolute atomic E-state index is 10.1. The lowest BCUT2D eigenvalue weighted by molar-refractivity contribution is -0.138. The Morgan fingerprint density at radius 2 is 1.44 bits per heavy atom. The van der Waals surface area contributed by atoms with Gasteiger partial charge in [0.05, 0.1) is 0 Å². The van der Waals surface area contributed by atoms with Gasteiger partial charge in [-0.2, -0.15) is 0 Å². The van der Waals surface area contributed by atoms with E-state index in [-0.39, 0.29) is 0 Å². The molecular formula is C10H18N2O6. The summed E-state index contributed by atoms with van der Waals surface area (Å²) in [5.74, 6) is -3.45. The van der Waals surface area contributed by atoms with Crippen LogP contribution in [0.15, 0.2) is 12.2 Å². The predicted molar refractivity (Wildman–Crippen MR) is 62.9 cm³/mol. The van der Waals surface area contributed by atoms with Crippen LogP contribution in [-0.4, -0.2) is 45.8 Å². The number of nitrogens with two attached hydrogens (primary N) is 2. The van der Waals surface area contributed by atoms with Gasteiger partial charge in [0.1, 0.15) is 6.04 Å². The lowest BCUT2D eigenvalue weighted by Crippen LogP contribution is -2.29. The summed E-state index contributed by atoms with van der Waals surface area (Å²) in [6, 6.07) is -0.716. The van der Waals surface area contributed by atoms with E-state index in [9.17, 15) is 14.4 Å². The highest BCUT2D eigenvalue weighted by Gasteiger charge is 2.09. The molecule has 0 spiro atoms. The Kier molecular flexibility index (Phi) is 11.8. The molecule has 0 bridgehead atoms. The van der Waals surface area contributed by atoms with Crippen LogP contribution in [0.1, 0.15) is 19.3 Å². The zero-order valence-electron chi connectivity index (χ0n) is 9.78. The first-order valence-corrected chi connectivity index (χ1v) is 5.13. The van der Waals surface area contributed by atoms with Crippen LogP contribution >= 0.6 is 0 Å². The lowest BCUT2D eigenvalue weighted by Gasteiger charge is -2.03. The van der Waals surface area contributed by atoms with Crippen molar-refractivity contribution in [2.24, 2.45) is 11.5 Å². The van der Waals surface area contributed by atoms with Crippen molar-refractivity contribution in [3.8, 4) is 0 Å². The molecule has 8 heteroatoms. The molecule has 0 aromatic carbocycles. The van der Waals surface area contributed by atoms with E-state index < -0.39 is 23.9 Å². The first kappa shape index (κ1) is 18.4. The summed E-state index contributed by atoms with van der Waals surface area (Å²) in [7, 11) is 0. The molecule has 0 radical (unpaired) electrons. The van der Waals surface area contributed by atoms with Crippen molar-refractivity contribution in [1.82, 2.24) is 0 Å². The van der Waals surface area contributed by atoms with Crippen LogP contribution < -0.4 is 11.5 Å².